The molecule has 0 amide bonds. The quantitative estimate of drug-likeness (QED) is 0.716. The van der Waals surface area contributed by atoms with Gasteiger partial charge in [-0.25, -0.2) is 0 Å². The van der Waals surface area contributed by atoms with E-state index in [0.717, 1.165) is 18.8 Å². The number of likely N-dealkylation sites (N-methyl/N-ethyl adjacent to an activating group) is 1. The molecule has 0 spiro atoms. The maximum atomic E-state index is 5.51. The molecule has 0 aromatic heterocycles. The lowest BCUT2D eigenvalue weighted by atomic mass is 10.1. The molecule has 23 heavy (non-hydrogen) atoms. The molecule has 0 aliphatic heterocycles. The van der Waals surface area contributed by atoms with Gasteiger partial charge in [0.15, 0.2) is 0 Å². The van der Waals surface area contributed by atoms with Crippen molar-refractivity contribution in [1.29, 1.82) is 0 Å². The second-order valence-electron chi connectivity index (χ2n) is 5.85. The molecule has 0 fully saturated rings. The largest absolute Gasteiger partial charge is 0.490 e. The molecule has 2 rings (SSSR count). The minimum atomic E-state index is 0.308. The van der Waals surface area contributed by atoms with Crippen molar-refractivity contribution in [2.24, 2.45) is 0 Å². The van der Waals surface area contributed by atoms with Crippen LogP contribution in [-0.4, -0.2) is 32.1 Å². The summed E-state index contributed by atoms with van der Waals surface area (Å²) in [5, 5.41) is 3.65. The molecule has 1 unspecified atom stereocenters. The number of nitrogens with one attached hydrogen (secondary N) is 1. The van der Waals surface area contributed by atoms with Gasteiger partial charge in [-0.1, -0.05) is 55.1 Å². The van der Waals surface area contributed by atoms with Crippen molar-refractivity contribution in [2.45, 2.75) is 12.6 Å². The van der Waals surface area contributed by atoms with E-state index < -0.39 is 0 Å². The van der Waals surface area contributed by atoms with Crippen molar-refractivity contribution < 1.29 is 4.74 Å². The van der Waals surface area contributed by atoms with Gasteiger partial charge in [-0.15, -0.1) is 0 Å². The average Bonchev–Trinajstić information content (AvgIpc) is 2.58. The fraction of sp³-hybridized carbons (Fsp3) is 0.300. The highest BCUT2D eigenvalue weighted by molar-refractivity contribution is 5.28. The molecule has 0 bridgehead atoms. The van der Waals surface area contributed by atoms with Crippen LogP contribution in [0.5, 0.6) is 5.75 Å². The van der Waals surface area contributed by atoms with E-state index in [2.05, 4.69) is 73.4 Å². The van der Waals surface area contributed by atoms with Crippen LogP contribution in [0.4, 0.5) is 0 Å². The van der Waals surface area contributed by atoms with Crippen molar-refractivity contribution in [2.75, 3.05) is 27.2 Å². The van der Waals surface area contributed by atoms with Crippen LogP contribution in [0.25, 0.3) is 0 Å². The van der Waals surface area contributed by atoms with E-state index >= 15 is 0 Å². The summed E-state index contributed by atoms with van der Waals surface area (Å²) in [6, 6.07) is 19.1. The standard InChI is InChI=1S/C20H26N2O/c1-4-14-23-19-12-10-17(11-13-19)15-21-20(16-22(2)3)18-8-6-5-7-9-18/h4-13,20-21H,1,14-16H2,2-3H3. The van der Waals surface area contributed by atoms with Crippen LogP contribution in [0.1, 0.15) is 17.2 Å². The van der Waals surface area contributed by atoms with Gasteiger partial charge in [-0.3, -0.25) is 0 Å². The van der Waals surface area contributed by atoms with Gasteiger partial charge < -0.3 is 15.0 Å². The first-order valence-electron chi connectivity index (χ1n) is 7.94. The van der Waals surface area contributed by atoms with E-state index in [4.69, 9.17) is 4.74 Å². The molecule has 0 aliphatic carbocycles. The molecule has 2 aromatic rings. The summed E-state index contributed by atoms with van der Waals surface area (Å²) in [6.07, 6.45) is 1.75. The highest BCUT2D eigenvalue weighted by Crippen LogP contribution is 2.16. The molecule has 3 nitrogen and oxygen atoms in total. The Morgan fingerprint density at radius 2 is 1.78 bits per heavy atom. The summed E-state index contributed by atoms with van der Waals surface area (Å²) in [6.45, 7) is 5.99. The molecular formula is C20H26N2O. The van der Waals surface area contributed by atoms with Crippen LogP contribution in [0.2, 0.25) is 0 Å². The van der Waals surface area contributed by atoms with Crippen molar-refractivity contribution in [3.05, 3.63) is 78.4 Å². The number of ether oxygens (including phenoxy) is 1. The molecule has 1 N–H and O–H groups in total. The molecule has 2 aromatic carbocycles. The van der Waals surface area contributed by atoms with Gasteiger partial charge in [-0.05, 0) is 37.4 Å². The average molecular weight is 310 g/mol. The fourth-order valence-electron chi connectivity index (χ4n) is 2.44. The van der Waals surface area contributed by atoms with Gasteiger partial charge in [-0.2, -0.15) is 0 Å². The fourth-order valence-corrected chi connectivity index (χ4v) is 2.44. The molecule has 0 saturated carbocycles. The monoisotopic (exact) mass is 310 g/mol. The van der Waals surface area contributed by atoms with Gasteiger partial charge >= 0.3 is 0 Å². The van der Waals surface area contributed by atoms with Crippen molar-refractivity contribution in [3.8, 4) is 5.75 Å². The zero-order valence-electron chi connectivity index (χ0n) is 14.0. The third-order valence-electron chi connectivity index (χ3n) is 3.59. The maximum absolute atomic E-state index is 5.51. The van der Waals surface area contributed by atoms with Crippen LogP contribution in [0, 0.1) is 0 Å². The Balaban J connectivity index is 1.96. The van der Waals surface area contributed by atoms with Crippen molar-refractivity contribution >= 4 is 0 Å². The third-order valence-corrected chi connectivity index (χ3v) is 3.59. The molecule has 122 valence electrons. The highest BCUT2D eigenvalue weighted by Gasteiger charge is 2.11. The summed E-state index contributed by atoms with van der Waals surface area (Å²) >= 11 is 0. The Bertz CT molecular complexity index is 578. The minimum Gasteiger partial charge on any atom is -0.490 e. The predicted molar refractivity (Wildman–Crippen MR) is 96.7 cm³/mol. The van der Waals surface area contributed by atoms with Gasteiger partial charge in [0.2, 0.25) is 0 Å². The van der Waals surface area contributed by atoms with E-state index in [1.807, 2.05) is 12.1 Å². The van der Waals surface area contributed by atoms with Crippen molar-refractivity contribution in [1.82, 2.24) is 10.2 Å². The van der Waals surface area contributed by atoms with Crippen LogP contribution < -0.4 is 10.1 Å². The number of hydrogen-bond donors (Lipinski definition) is 1. The lowest BCUT2D eigenvalue weighted by Gasteiger charge is -2.23. The Labute approximate surface area is 139 Å². The first-order chi connectivity index (χ1) is 11.2. The second kappa shape index (κ2) is 9.13. The summed E-state index contributed by atoms with van der Waals surface area (Å²) in [4.78, 5) is 2.21. The molecule has 0 saturated heterocycles. The van der Waals surface area contributed by atoms with Crippen molar-refractivity contribution in [3.63, 3.8) is 0 Å². The van der Waals surface area contributed by atoms with E-state index in [1.165, 1.54) is 11.1 Å². The number of hydrogen-bond acceptors (Lipinski definition) is 3. The zero-order chi connectivity index (χ0) is 16.5. The SMILES string of the molecule is C=CCOc1ccc(CNC(CN(C)C)c2ccccc2)cc1. The summed E-state index contributed by atoms with van der Waals surface area (Å²) in [5.74, 6) is 0.876. The zero-order valence-corrected chi connectivity index (χ0v) is 14.0. The van der Waals surface area contributed by atoms with Crippen LogP contribution >= 0.6 is 0 Å². The predicted octanol–water partition coefficient (Wildman–Crippen LogP) is 3.64. The highest BCUT2D eigenvalue weighted by atomic mass is 16.5. The van der Waals surface area contributed by atoms with Gasteiger partial charge in [0.25, 0.3) is 0 Å². The Morgan fingerprint density at radius 1 is 1.09 bits per heavy atom. The first-order valence-corrected chi connectivity index (χ1v) is 7.94. The molecule has 0 aliphatic rings. The van der Waals surface area contributed by atoms with E-state index in [-0.39, 0.29) is 0 Å². The summed E-state index contributed by atoms with van der Waals surface area (Å²) in [5.41, 5.74) is 2.56. The number of rotatable bonds is 9. The van der Waals surface area contributed by atoms with Gasteiger partial charge in [0, 0.05) is 19.1 Å². The minimum absolute atomic E-state index is 0.308. The summed E-state index contributed by atoms with van der Waals surface area (Å²) < 4.78 is 5.51. The van der Waals surface area contributed by atoms with E-state index in [0.29, 0.717) is 12.6 Å². The maximum Gasteiger partial charge on any atom is 0.119 e. The smallest absolute Gasteiger partial charge is 0.119 e. The summed E-state index contributed by atoms with van der Waals surface area (Å²) in [7, 11) is 4.20. The third kappa shape index (κ3) is 5.89. The molecule has 0 radical (unpaired) electrons. The number of benzene rings is 2. The Morgan fingerprint density at radius 3 is 2.39 bits per heavy atom. The van der Waals surface area contributed by atoms with Gasteiger partial charge in [0.05, 0.1) is 0 Å². The van der Waals surface area contributed by atoms with E-state index in [1.54, 1.807) is 6.08 Å². The number of nitrogens with zero attached hydrogens (tertiary/aromatic N) is 1. The van der Waals surface area contributed by atoms with Crippen LogP contribution in [-0.2, 0) is 6.54 Å². The Kier molecular flexibility index (Phi) is 6.85. The van der Waals surface area contributed by atoms with Crippen LogP contribution in [0.15, 0.2) is 67.3 Å². The second-order valence-corrected chi connectivity index (χ2v) is 5.85. The van der Waals surface area contributed by atoms with Crippen LogP contribution in [0.3, 0.4) is 0 Å². The molecule has 1 atom stereocenters. The normalized spacial score (nSPS) is 12.1. The van der Waals surface area contributed by atoms with Gasteiger partial charge in [0.1, 0.15) is 12.4 Å². The van der Waals surface area contributed by atoms with E-state index in [9.17, 15) is 0 Å². The molecule has 3 heteroatoms. The molecular weight excluding hydrogens is 284 g/mol. The lowest BCUT2D eigenvalue weighted by molar-refractivity contribution is 0.340. The Hall–Kier alpha value is -2.10. The molecule has 0 heterocycles. The topological polar surface area (TPSA) is 24.5 Å². The lowest BCUT2D eigenvalue weighted by Crippen LogP contribution is -2.30. The first kappa shape index (κ1) is 17.3.